The monoisotopic (exact) mass is 346 g/mol. The first-order valence-corrected chi connectivity index (χ1v) is 8.58. The van der Waals surface area contributed by atoms with Crippen LogP contribution in [0.25, 0.3) is 0 Å². The van der Waals surface area contributed by atoms with Gasteiger partial charge in [0.05, 0.1) is 16.9 Å². The molecule has 0 radical (unpaired) electrons. The van der Waals surface area contributed by atoms with Crippen LogP contribution in [0.3, 0.4) is 0 Å². The first-order chi connectivity index (χ1) is 11.6. The van der Waals surface area contributed by atoms with Crippen LogP contribution in [0.4, 0.5) is 11.4 Å². The summed E-state index contributed by atoms with van der Waals surface area (Å²) < 4.78 is 0. The van der Waals surface area contributed by atoms with Gasteiger partial charge < -0.3 is 15.7 Å². The molecule has 24 heavy (non-hydrogen) atoms. The molecule has 0 aliphatic heterocycles. The molecule has 4 nitrogen and oxygen atoms in total. The number of carbonyl (C=O) groups is 1. The number of hydrogen-bond acceptors (Lipinski definition) is 3. The fourth-order valence-electron chi connectivity index (χ4n) is 2.41. The van der Waals surface area contributed by atoms with Gasteiger partial charge in [-0.15, -0.1) is 0 Å². The highest BCUT2D eigenvalue weighted by Crippen LogP contribution is 2.25. The summed E-state index contributed by atoms with van der Waals surface area (Å²) >= 11 is 6.18. The smallest absolute Gasteiger partial charge is 0.335 e. The third-order valence-corrected chi connectivity index (χ3v) is 4.16. The van der Waals surface area contributed by atoms with Crippen molar-refractivity contribution in [3.05, 3.63) is 58.6 Å². The summed E-state index contributed by atoms with van der Waals surface area (Å²) in [6, 6.07) is 12.7. The highest BCUT2D eigenvalue weighted by atomic mass is 35.5. The molecular weight excluding hydrogens is 324 g/mol. The highest BCUT2D eigenvalue weighted by molar-refractivity contribution is 6.31. The van der Waals surface area contributed by atoms with Gasteiger partial charge in [-0.1, -0.05) is 49.6 Å². The lowest BCUT2D eigenvalue weighted by Gasteiger charge is -2.15. The Hall–Kier alpha value is -2.20. The number of benzene rings is 2. The van der Waals surface area contributed by atoms with Gasteiger partial charge in [0.2, 0.25) is 0 Å². The van der Waals surface area contributed by atoms with Gasteiger partial charge in [-0.3, -0.25) is 0 Å². The largest absolute Gasteiger partial charge is 0.478 e. The molecule has 0 aromatic heterocycles. The molecule has 128 valence electrons. The molecule has 0 heterocycles. The van der Waals surface area contributed by atoms with Gasteiger partial charge in [-0.25, -0.2) is 4.79 Å². The Morgan fingerprint density at radius 2 is 1.88 bits per heavy atom. The van der Waals surface area contributed by atoms with E-state index in [0.29, 0.717) is 11.6 Å². The zero-order valence-electron chi connectivity index (χ0n) is 13.8. The minimum atomic E-state index is -0.937. The Morgan fingerprint density at radius 1 is 1.08 bits per heavy atom. The third-order valence-electron chi connectivity index (χ3n) is 3.79. The maximum absolute atomic E-state index is 11.2. The van der Waals surface area contributed by atoms with Crippen molar-refractivity contribution in [2.45, 2.75) is 32.7 Å². The summed E-state index contributed by atoms with van der Waals surface area (Å²) in [7, 11) is 0. The fourth-order valence-corrected chi connectivity index (χ4v) is 2.61. The maximum atomic E-state index is 11.2. The molecule has 0 saturated heterocycles. The van der Waals surface area contributed by atoms with Gasteiger partial charge in [-0.2, -0.15) is 0 Å². The van der Waals surface area contributed by atoms with Crippen LogP contribution in [0.1, 0.15) is 42.1 Å². The number of unbranched alkanes of at least 4 members (excludes halogenated alkanes) is 2. The molecule has 0 saturated carbocycles. The molecule has 0 aliphatic carbocycles. The predicted molar refractivity (Wildman–Crippen MR) is 100 cm³/mol. The molecule has 0 fully saturated rings. The Balaban J connectivity index is 2.12. The van der Waals surface area contributed by atoms with Crippen molar-refractivity contribution in [3.8, 4) is 0 Å². The Morgan fingerprint density at radius 3 is 2.58 bits per heavy atom. The van der Waals surface area contributed by atoms with Crippen molar-refractivity contribution in [2.75, 3.05) is 17.2 Å². The molecule has 0 aliphatic rings. The number of aromatic carboxylic acids is 1. The molecular formula is C19H23ClN2O2. The zero-order chi connectivity index (χ0) is 17.4. The third kappa shape index (κ3) is 5.17. The molecule has 0 unspecified atom stereocenters. The standard InChI is InChI=1S/C19H23ClN2O2/c1-2-3-6-11-21-17-10-9-14(19(23)24)12-18(17)22-13-15-7-4-5-8-16(15)20/h4-5,7-10,12,21-22H,2-3,6,11,13H2,1H3,(H,23,24). The van der Waals surface area contributed by atoms with Crippen LogP contribution in [0, 0.1) is 0 Å². The van der Waals surface area contributed by atoms with E-state index >= 15 is 0 Å². The van der Waals surface area contributed by atoms with Crippen LogP contribution in [-0.2, 0) is 6.54 Å². The number of carboxylic acid groups (broad SMARTS) is 1. The normalized spacial score (nSPS) is 10.4. The number of anilines is 2. The van der Waals surface area contributed by atoms with Gasteiger partial charge in [0.25, 0.3) is 0 Å². The van der Waals surface area contributed by atoms with E-state index in [1.807, 2.05) is 30.3 Å². The SMILES string of the molecule is CCCCCNc1ccc(C(=O)O)cc1NCc1ccccc1Cl. The van der Waals surface area contributed by atoms with Crippen molar-refractivity contribution in [1.82, 2.24) is 0 Å². The Labute approximate surface area is 147 Å². The molecule has 5 heteroatoms. The van der Waals surface area contributed by atoms with Gasteiger partial charge >= 0.3 is 5.97 Å². The molecule has 0 atom stereocenters. The number of carboxylic acids is 1. The number of rotatable bonds is 9. The molecule has 2 aromatic carbocycles. The molecule has 2 rings (SSSR count). The van der Waals surface area contributed by atoms with Crippen LogP contribution in [0.5, 0.6) is 0 Å². The zero-order valence-corrected chi connectivity index (χ0v) is 14.6. The minimum absolute atomic E-state index is 0.260. The van der Waals surface area contributed by atoms with Gasteiger partial charge in [-0.05, 0) is 36.2 Å². The van der Waals surface area contributed by atoms with Crippen molar-refractivity contribution < 1.29 is 9.90 Å². The van der Waals surface area contributed by atoms with Crippen molar-refractivity contribution in [2.24, 2.45) is 0 Å². The summed E-state index contributed by atoms with van der Waals surface area (Å²) in [5, 5.41) is 16.6. The Kier molecular flexibility index (Phi) is 6.94. The van der Waals surface area contributed by atoms with Gasteiger partial charge in [0, 0.05) is 18.1 Å². The molecule has 0 amide bonds. The number of nitrogens with one attached hydrogen (secondary N) is 2. The molecule has 0 spiro atoms. The van der Waals surface area contributed by atoms with E-state index in [1.165, 1.54) is 6.42 Å². The quantitative estimate of drug-likeness (QED) is 0.542. The topological polar surface area (TPSA) is 61.4 Å². The van der Waals surface area contributed by atoms with E-state index in [0.717, 1.165) is 36.3 Å². The van der Waals surface area contributed by atoms with Crippen molar-refractivity contribution in [1.29, 1.82) is 0 Å². The summed E-state index contributed by atoms with van der Waals surface area (Å²) in [6.07, 6.45) is 3.42. The van der Waals surface area contributed by atoms with Crippen LogP contribution in [0.15, 0.2) is 42.5 Å². The lowest BCUT2D eigenvalue weighted by molar-refractivity contribution is 0.0697. The lowest BCUT2D eigenvalue weighted by Crippen LogP contribution is -2.08. The summed E-state index contributed by atoms with van der Waals surface area (Å²) in [6.45, 7) is 3.56. The van der Waals surface area contributed by atoms with E-state index in [4.69, 9.17) is 11.6 Å². The second-order valence-corrected chi connectivity index (χ2v) is 6.05. The van der Waals surface area contributed by atoms with E-state index in [9.17, 15) is 9.90 Å². The van der Waals surface area contributed by atoms with Gasteiger partial charge in [0.15, 0.2) is 0 Å². The maximum Gasteiger partial charge on any atom is 0.335 e. The highest BCUT2D eigenvalue weighted by Gasteiger charge is 2.09. The average Bonchev–Trinajstić information content (AvgIpc) is 2.58. The summed E-state index contributed by atoms with van der Waals surface area (Å²) in [4.78, 5) is 11.2. The molecule has 2 aromatic rings. The Bertz CT molecular complexity index is 689. The first-order valence-electron chi connectivity index (χ1n) is 8.20. The van der Waals surface area contributed by atoms with Crippen LogP contribution >= 0.6 is 11.6 Å². The van der Waals surface area contributed by atoms with Crippen LogP contribution < -0.4 is 10.6 Å². The predicted octanol–water partition coefficient (Wildman–Crippen LogP) is 5.25. The van der Waals surface area contributed by atoms with E-state index in [-0.39, 0.29) is 5.56 Å². The average molecular weight is 347 g/mol. The number of halogens is 1. The van der Waals surface area contributed by atoms with Gasteiger partial charge in [0.1, 0.15) is 0 Å². The van der Waals surface area contributed by atoms with Crippen molar-refractivity contribution in [3.63, 3.8) is 0 Å². The van der Waals surface area contributed by atoms with Crippen LogP contribution in [0.2, 0.25) is 5.02 Å². The fraction of sp³-hybridized carbons (Fsp3) is 0.316. The van der Waals surface area contributed by atoms with Crippen LogP contribution in [-0.4, -0.2) is 17.6 Å². The molecule has 3 N–H and O–H groups in total. The minimum Gasteiger partial charge on any atom is -0.478 e. The summed E-state index contributed by atoms with van der Waals surface area (Å²) in [5.41, 5.74) is 2.90. The first kappa shape index (κ1) is 18.1. The number of hydrogen-bond donors (Lipinski definition) is 3. The molecule has 0 bridgehead atoms. The lowest BCUT2D eigenvalue weighted by atomic mass is 10.1. The van der Waals surface area contributed by atoms with Crippen molar-refractivity contribution >= 4 is 28.9 Å². The van der Waals surface area contributed by atoms with E-state index in [1.54, 1.807) is 12.1 Å². The second kappa shape index (κ2) is 9.18. The second-order valence-electron chi connectivity index (χ2n) is 5.64. The van der Waals surface area contributed by atoms with E-state index < -0.39 is 5.97 Å². The van der Waals surface area contributed by atoms with E-state index in [2.05, 4.69) is 17.6 Å². The summed E-state index contributed by atoms with van der Waals surface area (Å²) in [5.74, 6) is -0.937.